The summed E-state index contributed by atoms with van der Waals surface area (Å²) in [5.74, 6) is -1.42. The molecular formula is C25H51NO7Si4. The van der Waals surface area contributed by atoms with E-state index in [0.29, 0.717) is 13.1 Å². The summed E-state index contributed by atoms with van der Waals surface area (Å²) < 4.78 is 30.2. The largest absolute Gasteiger partial charge is 0.462 e. The fourth-order valence-corrected chi connectivity index (χ4v) is 21.8. The number of esters is 2. The minimum Gasteiger partial charge on any atom is -0.462 e. The number of rotatable bonds is 17. The first-order valence-electron chi connectivity index (χ1n) is 13.0. The van der Waals surface area contributed by atoms with E-state index in [4.69, 9.17) is 21.8 Å². The molecule has 0 fully saturated rings. The van der Waals surface area contributed by atoms with Crippen LogP contribution in [0.5, 0.6) is 0 Å². The number of carbonyl (C=O) groups excluding carboxylic acids is 2. The molecule has 0 N–H and O–H groups in total. The number of carbonyl (C=O) groups is 2. The third-order valence-corrected chi connectivity index (χ3v) is 18.9. The molecule has 0 bridgehead atoms. The molecule has 0 aliphatic heterocycles. The highest BCUT2D eigenvalue weighted by Gasteiger charge is 2.48. The Morgan fingerprint density at radius 3 is 1.73 bits per heavy atom. The Morgan fingerprint density at radius 2 is 1.32 bits per heavy atom. The quantitative estimate of drug-likeness (QED) is 0.0393. The van der Waals surface area contributed by atoms with E-state index < -0.39 is 45.7 Å². The van der Waals surface area contributed by atoms with Crippen molar-refractivity contribution in [2.75, 3.05) is 26.3 Å². The lowest BCUT2D eigenvalue weighted by Crippen LogP contribution is -2.59. The van der Waals surface area contributed by atoms with Crippen LogP contribution in [0.2, 0.25) is 64.5 Å². The van der Waals surface area contributed by atoms with Gasteiger partial charge in [-0.15, -0.1) is 6.58 Å². The van der Waals surface area contributed by atoms with Gasteiger partial charge < -0.3 is 26.7 Å². The van der Waals surface area contributed by atoms with E-state index in [1.165, 1.54) is 6.08 Å². The highest BCUT2D eigenvalue weighted by atomic mass is 28.5. The zero-order valence-electron chi connectivity index (χ0n) is 25.2. The Balaban J connectivity index is 6.01. The first-order chi connectivity index (χ1) is 16.8. The second-order valence-electron chi connectivity index (χ2n) is 11.5. The molecule has 0 radical (unpaired) electrons. The average molecular weight is 590 g/mol. The van der Waals surface area contributed by atoms with E-state index in [-0.39, 0.29) is 24.3 Å². The van der Waals surface area contributed by atoms with Gasteiger partial charge in [0, 0.05) is 18.6 Å². The zero-order chi connectivity index (χ0) is 29.1. The minimum absolute atomic E-state index is 0.0967. The van der Waals surface area contributed by atoms with Crippen molar-refractivity contribution in [3.05, 3.63) is 36.6 Å². The summed E-state index contributed by atoms with van der Waals surface area (Å²) in [5.41, 5.74) is -0.0493. The molecule has 0 aromatic rings. The van der Waals surface area contributed by atoms with Gasteiger partial charge in [0.1, 0.15) is 5.57 Å². The third-order valence-electron chi connectivity index (χ3n) is 4.83. The van der Waals surface area contributed by atoms with Crippen molar-refractivity contribution in [2.45, 2.75) is 85.2 Å². The van der Waals surface area contributed by atoms with Crippen molar-refractivity contribution >= 4 is 45.7 Å². The van der Waals surface area contributed by atoms with Crippen molar-refractivity contribution in [3.63, 3.8) is 0 Å². The summed E-state index contributed by atoms with van der Waals surface area (Å²) in [6.07, 6.45) is 6.73. The van der Waals surface area contributed by atoms with Gasteiger partial charge in [0.05, 0.1) is 13.2 Å². The third kappa shape index (κ3) is 15.0. The van der Waals surface area contributed by atoms with Crippen LogP contribution in [0.3, 0.4) is 0 Å². The summed E-state index contributed by atoms with van der Waals surface area (Å²) in [6.45, 7) is 30.4. The van der Waals surface area contributed by atoms with E-state index in [9.17, 15) is 9.59 Å². The predicted octanol–water partition coefficient (Wildman–Crippen LogP) is 5.92. The van der Waals surface area contributed by atoms with Crippen LogP contribution < -0.4 is 0 Å². The highest BCUT2D eigenvalue weighted by Crippen LogP contribution is 2.33. The molecule has 0 amide bonds. The minimum atomic E-state index is -2.69. The molecule has 0 aliphatic carbocycles. The molecule has 0 aromatic carbocycles. The lowest BCUT2D eigenvalue weighted by molar-refractivity contribution is -0.146. The molecule has 0 aliphatic rings. The summed E-state index contributed by atoms with van der Waals surface area (Å²) >= 11 is 0. The molecule has 0 spiro atoms. The Bertz CT molecular complexity index is 799. The van der Waals surface area contributed by atoms with Gasteiger partial charge in [-0.3, -0.25) is 0 Å². The van der Waals surface area contributed by atoms with Crippen molar-refractivity contribution in [1.29, 1.82) is 0 Å². The maximum atomic E-state index is 12.3. The van der Waals surface area contributed by atoms with Crippen LogP contribution in [-0.2, 0) is 31.4 Å². The van der Waals surface area contributed by atoms with E-state index in [2.05, 4.69) is 77.3 Å². The molecule has 0 aromatic heterocycles. The molecule has 2 unspecified atom stereocenters. The maximum absolute atomic E-state index is 12.3. The summed E-state index contributed by atoms with van der Waals surface area (Å²) in [5, 5.41) is 0. The Kier molecular flexibility index (Phi) is 14.8. The van der Waals surface area contributed by atoms with Crippen molar-refractivity contribution in [1.82, 2.24) is 4.90 Å². The number of hydrogen-bond acceptors (Lipinski definition) is 8. The number of allylic oxidation sites excluding steroid dienone is 2. The second kappa shape index (κ2) is 15.3. The van der Waals surface area contributed by atoms with E-state index in [0.717, 1.165) is 0 Å². The van der Waals surface area contributed by atoms with Crippen LogP contribution >= 0.6 is 0 Å². The first-order valence-corrected chi connectivity index (χ1v) is 25.0. The standard InChI is InChI=1S/C25H51NO7Si4/c1-14-19-26(20-17-18-23(24(27)29-15-2)25(28)30-16-3)21-22(4)37(13,32-35(8,9)10)33-36(11,12)31-34(5,6)7/h14,17-18,20,22H,1,15-16,19,21H2,2-13H3/b20-17+. The molecule has 0 heterocycles. The van der Waals surface area contributed by atoms with Crippen LogP contribution in [-0.4, -0.2) is 76.9 Å². The lowest BCUT2D eigenvalue weighted by atomic mass is 10.2. The topological polar surface area (TPSA) is 83.5 Å². The Hall–Kier alpha value is -1.29. The molecular weight excluding hydrogens is 539 g/mol. The molecule has 0 saturated heterocycles. The predicted molar refractivity (Wildman–Crippen MR) is 161 cm³/mol. The van der Waals surface area contributed by atoms with Crippen LogP contribution in [0.15, 0.2) is 36.6 Å². The fraction of sp³-hybridized carbons (Fsp3) is 0.680. The van der Waals surface area contributed by atoms with Gasteiger partial charge in [-0.25, -0.2) is 9.59 Å². The van der Waals surface area contributed by atoms with Gasteiger partial charge in [0.15, 0.2) is 16.6 Å². The van der Waals surface area contributed by atoms with E-state index in [1.807, 2.05) is 12.3 Å². The van der Waals surface area contributed by atoms with Crippen molar-refractivity contribution < 1.29 is 31.4 Å². The van der Waals surface area contributed by atoms with Gasteiger partial charge in [-0.05, 0) is 91.1 Å². The number of ether oxygens (including phenoxy) is 2. The average Bonchev–Trinajstić information content (AvgIpc) is 2.67. The summed E-state index contributed by atoms with van der Waals surface area (Å²) in [4.78, 5) is 26.6. The van der Waals surface area contributed by atoms with Gasteiger partial charge in [-0.1, -0.05) is 13.0 Å². The van der Waals surface area contributed by atoms with Crippen molar-refractivity contribution in [2.24, 2.45) is 0 Å². The maximum Gasteiger partial charge on any atom is 0.345 e. The second-order valence-corrected chi connectivity index (χ2v) is 28.2. The van der Waals surface area contributed by atoms with Gasteiger partial charge in [0.25, 0.3) is 0 Å². The lowest BCUT2D eigenvalue weighted by Gasteiger charge is -2.44. The SMILES string of the molecule is C=CCN(/C=C/C=C(C(=O)OCC)C(=O)OCC)CC(C)[Si](C)(O[Si](C)(C)C)O[Si](C)(C)O[Si](C)(C)C. The number of hydrogen-bond donors (Lipinski definition) is 0. The summed E-state index contributed by atoms with van der Waals surface area (Å²) in [6, 6.07) is 0. The molecule has 0 saturated carbocycles. The van der Waals surface area contributed by atoms with E-state index in [1.54, 1.807) is 19.9 Å². The number of nitrogens with zero attached hydrogens (tertiary/aromatic N) is 1. The van der Waals surface area contributed by atoms with E-state index >= 15 is 0 Å². The molecule has 37 heavy (non-hydrogen) atoms. The van der Waals surface area contributed by atoms with Gasteiger partial charge in [-0.2, -0.15) is 0 Å². The summed E-state index contributed by atoms with van der Waals surface area (Å²) in [7, 11) is -8.83. The van der Waals surface area contributed by atoms with Gasteiger partial charge in [0.2, 0.25) is 0 Å². The smallest absolute Gasteiger partial charge is 0.345 e. The monoisotopic (exact) mass is 589 g/mol. The molecule has 8 nitrogen and oxygen atoms in total. The fourth-order valence-electron chi connectivity index (χ4n) is 3.85. The molecule has 2 atom stereocenters. The highest BCUT2D eigenvalue weighted by molar-refractivity contribution is 6.89. The van der Waals surface area contributed by atoms with Gasteiger partial charge >= 0.3 is 29.1 Å². The zero-order valence-corrected chi connectivity index (χ0v) is 29.2. The molecule has 0 rings (SSSR count). The molecule has 12 heteroatoms. The normalized spacial score (nSPS) is 15.0. The first kappa shape index (κ1) is 35.7. The Labute approximate surface area is 229 Å². The van der Waals surface area contributed by atoms with Crippen molar-refractivity contribution in [3.8, 4) is 0 Å². The van der Waals surface area contributed by atoms with Crippen LogP contribution in [0, 0.1) is 0 Å². The Morgan fingerprint density at radius 1 is 0.838 bits per heavy atom. The van der Waals surface area contributed by atoms with Crippen LogP contribution in [0.4, 0.5) is 0 Å². The molecule has 214 valence electrons. The van der Waals surface area contributed by atoms with Crippen LogP contribution in [0.25, 0.3) is 0 Å². The van der Waals surface area contributed by atoms with Crippen LogP contribution in [0.1, 0.15) is 20.8 Å².